The van der Waals surface area contributed by atoms with Crippen molar-refractivity contribution >= 4 is 41.0 Å². The number of carbonyl (C=O) groups is 3. The molecule has 3 amide bonds. The maximum absolute atomic E-state index is 14.7. The lowest BCUT2D eigenvalue weighted by Crippen LogP contribution is -2.66. The van der Waals surface area contributed by atoms with Crippen LogP contribution in [0.3, 0.4) is 0 Å². The second kappa shape index (κ2) is 11.9. The van der Waals surface area contributed by atoms with Crippen molar-refractivity contribution in [2.24, 2.45) is 5.41 Å². The molecule has 2 heterocycles. The van der Waals surface area contributed by atoms with Crippen molar-refractivity contribution in [1.29, 1.82) is 5.26 Å². The largest absolute Gasteiger partial charge is 0.449 e. The summed E-state index contributed by atoms with van der Waals surface area (Å²) in [5.74, 6) is -7.07. The number of carbonyl (C=O) groups excluding carboxylic acids is 3. The number of rotatable bonds is 7. The summed E-state index contributed by atoms with van der Waals surface area (Å²) in [6, 6.07) is 2.81. The fourth-order valence-electron chi connectivity index (χ4n) is 5.62. The fraction of sp³-hybridized carbons (Fsp3) is 0.367. The molecule has 3 aliphatic rings. The van der Waals surface area contributed by atoms with Crippen LogP contribution in [0.2, 0.25) is 0 Å². The minimum Gasteiger partial charge on any atom is -0.449 e. The minimum atomic E-state index is -2.98. The van der Waals surface area contributed by atoms with E-state index in [4.69, 9.17) is 16.3 Å². The molecule has 1 saturated carbocycles. The highest BCUT2D eigenvalue weighted by molar-refractivity contribution is 6.23. The van der Waals surface area contributed by atoms with Crippen LogP contribution in [0, 0.1) is 28.4 Å². The van der Waals surface area contributed by atoms with E-state index in [1.165, 1.54) is 18.3 Å². The average Bonchev–Trinajstić information content (AvgIpc) is 2.95. The molecule has 0 radical (unpaired) electrons. The van der Waals surface area contributed by atoms with Crippen LogP contribution >= 0.6 is 11.6 Å². The summed E-state index contributed by atoms with van der Waals surface area (Å²) >= 11 is 6.71. The number of pyridine rings is 1. The number of ether oxygens (including phenoxy) is 1. The maximum atomic E-state index is 14.7. The second-order valence-electron chi connectivity index (χ2n) is 11.0. The van der Waals surface area contributed by atoms with Crippen LogP contribution < -0.4 is 15.1 Å². The predicted octanol–water partition coefficient (Wildman–Crippen LogP) is 5.00. The number of alkyl halides is 3. The van der Waals surface area contributed by atoms with Gasteiger partial charge in [0.2, 0.25) is 5.91 Å². The number of cyclic esters (lactones) is 1. The summed E-state index contributed by atoms with van der Waals surface area (Å²) < 4.78 is 61.9. The van der Waals surface area contributed by atoms with E-state index in [1.807, 2.05) is 6.07 Å². The number of hydrogen-bond acceptors (Lipinski definition) is 6. The first kappa shape index (κ1) is 31.0. The van der Waals surface area contributed by atoms with E-state index < -0.39 is 77.2 Å². The number of nitrogens with one attached hydrogen (secondary N) is 1. The Labute approximate surface area is 254 Å². The predicted molar refractivity (Wildman–Crippen MR) is 151 cm³/mol. The molecule has 5 rings (SSSR count). The van der Waals surface area contributed by atoms with Crippen LogP contribution in [-0.4, -0.2) is 58.9 Å². The molecule has 2 unspecified atom stereocenters. The lowest BCUT2D eigenvalue weighted by atomic mass is 9.74. The van der Waals surface area contributed by atoms with Gasteiger partial charge in [0.25, 0.3) is 11.8 Å². The summed E-state index contributed by atoms with van der Waals surface area (Å²) in [7, 11) is 0. The number of hydrogen-bond donors (Lipinski definition) is 1. The quantitative estimate of drug-likeness (QED) is 0.340. The van der Waals surface area contributed by atoms with Crippen molar-refractivity contribution in [3.8, 4) is 6.07 Å². The molecule has 1 aromatic heterocycles. The first-order valence-electron chi connectivity index (χ1n) is 13.6. The number of aromatic nitrogens is 1. The van der Waals surface area contributed by atoms with Crippen molar-refractivity contribution in [3.63, 3.8) is 0 Å². The number of anilines is 2. The highest BCUT2D eigenvalue weighted by Crippen LogP contribution is 2.42. The Morgan fingerprint density at radius 2 is 1.91 bits per heavy atom. The zero-order valence-corrected chi connectivity index (χ0v) is 24.0. The fourth-order valence-corrected chi connectivity index (χ4v) is 5.90. The van der Waals surface area contributed by atoms with Crippen LogP contribution in [-0.2, 0) is 14.3 Å². The van der Waals surface area contributed by atoms with Gasteiger partial charge in [-0.3, -0.25) is 14.5 Å². The van der Waals surface area contributed by atoms with Gasteiger partial charge < -0.3 is 10.1 Å². The van der Waals surface area contributed by atoms with E-state index in [2.05, 4.69) is 10.3 Å². The number of nitrogens with zero attached hydrogens (tertiary/aromatic N) is 4. The number of benzene rings is 1. The van der Waals surface area contributed by atoms with E-state index in [-0.39, 0.29) is 30.1 Å². The van der Waals surface area contributed by atoms with Crippen LogP contribution in [0.5, 0.6) is 0 Å². The average molecular weight is 632 g/mol. The summed E-state index contributed by atoms with van der Waals surface area (Å²) in [4.78, 5) is 47.6. The summed E-state index contributed by atoms with van der Waals surface area (Å²) in [5.41, 5.74) is -1.70. The third-order valence-corrected chi connectivity index (χ3v) is 8.48. The van der Waals surface area contributed by atoms with Gasteiger partial charge in [-0.2, -0.15) is 5.26 Å². The van der Waals surface area contributed by atoms with Crippen molar-refractivity contribution in [3.05, 3.63) is 78.0 Å². The molecule has 1 N–H and O–H groups in total. The number of nitriles is 1. The molecule has 2 aliphatic carbocycles. The zero-order chi connectivity index (χ0) is 31.8. The van der Waals surface area contributed by atoms with E-state index >= 15 is 0 Å². The van der Waals surface area contributed by atoms with Gasteiger partial charge in [-0.15, -0.1) is 11.6 Å². The maximum Gasteiger partial charge on any atom is 0.416 e. The Morgan fingerprint density at radius 1 is 1.20 bits per heavy atom. The molecule has 44 heavy (non-hydrogen) atoms. The SMILES string of the molecule is CC1([C@@H](C(=O)NC2CC(F)(F)C2)N(C(=O)[C@@H]2CCOC(=O)N2c2cc(C#N)ccn2)c2cc(F)cc(F)c2)C=CC=CC1Cl. The van der Waals surface area contributed by atoms with Gasteiger partial charge in [0, 0.05) is 43.0 Å². The molecule has 0 bridgehead atoms. The van der Waals surface area contributed by atoms with Gasteiger partial charge in [-0.25, -0.2) is 32.2 Å². The van der Waals surface area contributed by atoms with Gasteiger partial charge >= 0.3 is 6.09 Å². The highest BCUT2D eigenvalue weighted by Gasteiger charge is 2.53. The smallest absolute Gasteiger partial charge is 0.416 e. The standard InChI is InChI=1S/C30H26ClF4N5O4/c1-29(7-3-2-4-23(29)31)25(26(41)38-20-14-30(34,35)15-20)39(21-12-18(32)11-19(33)13-21)27(42)22-6-9-44-28(43)40(22)24-10-17(16-36)5-8-37-24/h2-5,7-8,10-13,20,22-23,25H,6,9,14-15H2,1H3,(H,38,41)/t22-,23?,25+,29?/m0/s1. The van der Waals surface area contributed by atoms with Gasteiger partial charge in [-0.05, 0) is 24.3 Å². The summed E-state index contributed by atoms with van der Waals surface area (Å²) in [6.07, 6.45) is 5.16. The third-order valence-electron chi connectivity index (χ3n) is 7.87. The molecule has 1 aromatic carbocycles. The first-order valence-corrected chi connectivity index (χ1v) is 14.1. The van der Waals surface area contributed by atoms with Crippen molar-refractivity contribution < 1.29 is 36.7 Å². The Morgan fingerprint density at radius 3 is 2.55 bits per heavy atom. The summed E-state index contributed by atoms with van der Waals surface area (Å²) in [5, 5.41) is 11.0. The molecular formula is C30H26ClF4N5O4. The number of halogens is 5. The Kier molecular flexibility index (Phi) is 8.40. The zero-order valence-electron chi connectivity index (χ0n) is 23.2. The van der Waals surface area contributed by atoms with Crippen molar-refractivity contribution in [2.75, 3.05) is 16.4 Å². The minimum absolute atomic E-state index is 0.114. The monoisotopic (exact) mass is 631 g/mol. The van der Waals surface area contributed by atoms with Crippen LogP contribution in [0.4, 0.5) is 33.9 Å². The van der Waals surface area contributed by atoms with E-state index in [9.17, 15) is 37.2 Å². The molecule has 1 saturated heterocycles. The van der Waals surface area contributed by atoms with Gasteiger partial charge in [-0.1, -0.05) is 31.2 Å². The normalized spacial score (nSPS) is 24.9. The lowest BCUT2D eigenvalue weighted by Gasteiger charge is -2.47. The van der Waals surface area contributed by atoms with Crippen molar-refractivity contribution in [1.82, 2.24) is 10.3 Å². The molecule has 2 fully saturated rings. The molecule has 1 aliphatic heterocycles. The van der Waals surface area contributed by atoms with Gasteiger partial charge in [0.15, 0.2) is 0 Å². The molecule has 2 aromatic rings. The Balaban J connectivity index is 1.65. The van der Waals surface area contributed by atoms with Crippen molar-refractivity contribution in [2.45, 2.75) is 55.6 Å². The van der Waals surface area contributed by atoms with Crippen LogP contribution in [0.25, 0.3) is 0 Å². The van der Waals surface area contributed by atoms with Crippen LogP contribution in [0.1, 0.15) is 31.7 Å². The van der Waals surface area contributed by atoms with E-state index in [0.717, 1.165) is 21.9 Å². The van der Waals surface area contributed by atoms with Crippen LogP contribution in [0.15, 0.2) is 60.8 Å². The highest BCUT2D eigenvalue weighted by atomic mass is 35.5. The Hall–Kier alpha value is -4.44. The number of allylic oxidation sites excluding steroid dienone is 3. The molecule has 9 nitrogen and oxygen atoms in total. The summed E-state index contributed by atoms with van der Waals surface area (Å²) in [6.45, 7) is 1.33. The molecule has 0 spiro atoms. The molecule has 14 heteroatoms. The van der Waals surface area contributed by atoms with Gasteiger partial charge in [0.1, 0.15) is 29.5 Å². The lowest BCUT2D eigenvalue weighted by molar-refractivity contribution is -0.135. The second-order valence-corrected chi connectivity index (χ2v) is 11.5. The van der Waals surface area contributed by atoms with E-state index in [1.54, 1.807) is 31.2 Å². The molecule has 230 valence electrons. The Bertz CT molecular complexity index is 1570. The third kappa shape index (κ3) is 5.99. The molecule has 4 atom stereocenters. The number of amides is 3. The van der Waals surface area contributed by atoms with Gasteiger partial charge in [0.05, 0.1) is 29.3 Å². The first-order chi connectivity index (χ1) is 20.8. The van der Waals surface area contributed by atoms with E-state index in [0.29, 0.717) is 6.07 Å². The topological polar surface area (TPSA) is 116 Å². The molecular weight excluding hydrogens is 606 g/mol.